The first-order chi connectivity index (χ1) is 20.0. The number of aromatic nitrogens is 2. The number of nitrogens with zero attached hydrogens (tertiary/aromatic N) is 3. The molecule has 7 nitrogen and oxygen atoms in total. The van der Waals surface area contributed by atoms with Crippen LogP contribution in [0.25, 0.3) is 5.69 Å². The summed E-state index contributed by atoms with van der Waals surface area (Å²) in [4.78, 5) is 19.5. The molecule has 8 heteroatoms. The number of para-hydroxylation sites is 1. The fraction of sp³-hybridized carbons (Fsp3) is 0.303. The molecule has 1 saturated carbocycles. The van der Waals surface area contributed by atoms with Gasteiger partial charge in [-0.15, -0.1) is 0 Å². The van der Waals surface area contributed by atoms with E-state index >= 15 is 0 Å². The van der Waals surface area contributed by atoms with Gasteiger partial charge in [-0.3, -0.25) is 4.98 Å². The number of methoxy groups -OCH3 is 1. The average molecular weight is 567 g/mol. The molecule has 2 fully saturated rings. The summed E-state index contributed by atoms with van der Waals surface area (Å²) in [6.07, 6.45) is 6.81. The summed E-state index contributed by atoms with van der Waals surface area (Å²) in [6, 6.07) is 23.5. The van der Waals surface area contributed by atoms with Gasteiger partial charge < -0.3 is 24.3 Å². The van der Waals surface area contributed by atoms with Crippen molar-refractivity contribution in [1.29, 1.82) is 0 Å². The lowest BCUT2D eigenvalue weighted by molar-refractivity contribution is 0.0600. The van der Waals surface area contributed by atoms with Gasteiger partial charge in [0, 0.05) is 23.3 Å². The minimum absolute atomic E-state index is 0.177. The zero-order valence-corrected chi connectivity index (χ0v) is 24.4. The van der Waals surface area contributed by atoms with Crippen LogP contribution in [0.15, 0.2) is 79.0 Å². The van der Waals surface area contributed by atoms with Crippen molar-refractivity contribution >= 4 is 29.0 Å². The Morgan fingerprint density at radius 2 is 1.73 bits per heavy atom. The highest BCUT2D eigenvalue weighted by Gasteiger charge is 2.42. The summed E-state index contributed by atoms with van der Waals surface area (Å²) in [7, 11) is 1.41. The molecular formula is C33H34N4O3S. The van der Waals surface area contributed by atoms with Crippen molar-refractivity contribution < 1.29 is 14.3 Å². The number of pyridine rings is 1. The molecule has 2 aromatic carbocycles. The molecule has 0 bridgehead atoms. The average Bonchev–Trinajstić information content (AvgIpc) is 3.71. The van der Waals surface area contributed by atoms with Crippen LogP contribution in [0.2, 0.25) is 0 Å². The molecule has 2 aromatic heterocycles. The van der Waals surface area contributed by atoms with Gasteiger partial charge in [0.2, 0.25) is 0 Å². The number of hydrogen-bond donors (Lipinski definition) is 1. The maximum Gasteiger partial charge on any atom is 0.339 e. The van der Waals surface area contributed by atoms with Gasteiger partial charge in [-0.2, -0.15) is 0 Å². The summed E-state index contributed by atoms with van der Waals surface area (Å²) in [5.74, 6) is 0.514. The van der Waals surface area contributed by atoms with Crippen molar-refractivity contribution in [2.45, 2.75) is 57.7 Å². The monoisotopic (exact) mass is 566 g/mol. The molecule has 1 saturated heterocycles. The quantitative estimate of drug-likeness (QED) is 0.195. The van der Waals surface area contributed by atoms with Crippen LogP contribution in [0.4, 0.5) is 5.69 Å². The molecule has 41 heavy (non-hydrogen) atoms. The third-order valence-corrected chi connectivity index (χ3v) is 8.47. The van der Waals surface area contributed by atoms with Gasteiger partial charge >= 0.3 is 5.97 Å². The lowest BCUT2D eigenvalue weighted by Gasteiger charge is -2.28. The van der Waals surface area contributed by atoms with Crippen LogP contribution in [0.5, 0.6) is 5.75 Å². The summed E-state index contributed by atoms with van der Waals surface area (Å²) < 4.78 is 13.4. The minimum atomic E-state index is -0.369. The van der Waals surface area contributed by atoms with Crippen LogP contribution in [-0.4, -0.2) is 33.8 Å². The van der Waals surface area contributed by atoms with Crippen LogP contribution in [0.1, 0.15) is 70.8 Å². The summed E-state index contributed by atoms with van der Waals surface area (Å²) in [5.41, 5.74) is 6.29. The highest BCUT2D eigenvalue weighted by molar-refractivity contribution is 7.80. The first-order valence-electron chi connectivity index (χ1n) is 14.1. The zero-order chi connectivity index (χ0) is 28.5. The third kappa shape index (κ3) is 5.08. The largest absolute Gasteiger partial charge is 0.490 e. The summed E-state index contributed by atoms with van der Waals surface area (Å²) >= 11 is 5.96. The number of benzene rings is 2. The normalized spacial score (nSPS) is 18.9. The van der Waals surface area contributed by atoms with Gasteiger partial charge in [0.1, 0.15) is 5.75 Å². The zero-order valence-electron chi connectivity index (χ0n) is 23.5. The highest BCUT2D eigenvalue weighted by atomic mass is 32.1. The first kappa shape index (κ1) is 27.0. The molecule has 0 unspecified atom stereocenters. The van der Waals surface area contributed by atoms with Crippen molar-refractivity contribution in [1.82, 2.24) is 14.9 Å². The fourth-order valence-electron chi connectivity index (χ4n) is 6.24. The van der Waals surface area contributed by atoms with Gasteiger partial charge in [-0.25, -0.2) is 4.79 Å². The van der Waals surface area contributed by atoms with Crippen LogP contribution in [-0.2, 0) is 4.74 Å². The molecule has 1 aliphatic heterocycles. The second kappa shape index (κ2) is 11.4. The number of carbonyl (C=O) groups is 1. The van der Waals surface area contributed by atoms with E-state index in [0.29, 0.717) is 16.8 Å². The Balaban J connectivity index is 1.43. The lowest BCUT2D eigenvalue weighted by Crippen LogP contribution is -2.29. The number of esters is 1. The number of ether oxygens (including phenoxy) is 2. The minimum Gasteiger partial charge on any atom is -0.490 e. The molecule has 0 amide bonds. The van der Waals surface area contributed by atoms with Crippen molar-refractivity contribution in [3.63, 3.8) is 0 Å². The van der Waals surface area contributed by atoms with E-state index in [2.05, 4.69) is 46.8 Å². The smallest absolute Gasteiger partial charge is 0.339 e. The molecule has 4 aromatic rings. The Bertz CT molecular complexity index is 1560. The Labute approximate surface area is 246 Å². The number of nitrogens with one attached hydrogen (secondary N) is 1. The molecular weight excluding hydrogens is 532 g/mol. The Kier molecular flexibility index (Phi) is 7.49. The van der Waals surface area contributed by atoms with E-state index in [1.165, 1.54) is 20.0 Å². The van der Waals surface area contributed by atoms with Gasteiger partial charge in [0.15, 0.2) is 5.11 Å². The number of carbonyl (C=O) groups excluding carboxylic acids is 1. The van der Waals surface area contributed by atoms with E-state index < -0.39 is 0 Å². The summed E-state index contributed by atoms with van der Waals surface area (Å²) in [6.45, 7) is 4.14. The van der Waals surface area contributed by atoms with E-state index in [1.807, 2.05) is 54.7 Å². The molecule has 210 valence electrons. The molecule has 0 radical (unpaired) electrons. The van der Waals surface area contributed by atoms with Crippen molar-refractivity contribution in [2.75, 3.05) is 12.0 Å². The van der Waals surface area contributed by atoms with Crippen molar-refractivity contribution in [3.8, 4) is 11.4 Å². The molecule has 3 heterocycles. The van der Waals surface area contributed by atoms with E-state index in [4.69, 9.17) is 26.7 Å². The van der Waals surface area contributed by atoms with Crippen LogP contribution >= 0.6 is 12.2 Å². The van der Waals surface area contributed by atoms with Crippen molar-refractivity contribution in [2.24, 2.45) is 0 Å². The molecule has 2 atom stereocenters. The molecule has 6 rings (SSSR count). The maximum atomic E-state index is 12.7. The fourth-order valence-corrected chi connectivity index (χ4v) is 6.59. The third-order valence-electron chi connectivity index (χ3n) is 8.16. The maximum absolute atomic E-state index is 12.7. The standard InChI is InChI=1S/C33H34N4O3S/c1-21-20-27(22(2)36(21)29-14-7-6-12-26(29)32(38)39-3)31-30(28-13-8-9-19-34-28)35-33(41)37(31)23-15-17-25(18-16-23)40-24-10-4-5-11-24/h6-9,12-20,24,30-31H,4-5,10-11H2,1-3H3,(H,35,41)/t30-,31-/m1/s1. The van der Waals surface area contributed by atoms with E-state index in [-0.39, 0.29) is 18.1 Å². The number of rotatable bonds is 7. The second-order valence-electron chi connectivity index (χ2n) is 10.7. The predicted octanol–water partition coefficient (Wildman–Crippen LogP) is 6.77. The molecule has 1 N–H and O–H groups in total. The predicted molar refractivity (Wildman–Crippen MR) is 164 cm³/mol. The molecule has 0 spiro atoms. The van der Waals surface area contributed by atoms with Gasteiger partial charge in [-0.1, -0.05) is 18.2 Å². The Hall–Kier alpha value is -4.17. The van der Waals surface area contributed by atoms with Gasteiger partial charge in [0.25, 0.3) is 0 Å². The van der Waals surface area contributed by atoms with Crippen LogP contribution in [0.3, 0.4) is 0 Å². The van der Waals surface area contributed by atoms with Crippen LogP contribution in [0, 0.1) is 13.8 Å². The van der Waals surface area contributed by atoms with E-state index in [1.54, 1.807) is 6.07 Å². The Morgan fingerprint density at radius 1 is 1.00 bits per heavy atom. The summed E-state index contributed by atoms with van der Waals surface area (Å²) in [5, 5.41) is 4.19. The number of anilines is 1. The van der Waals surface area contributed by atoms with Gasteiger partial charge in [-0.05, 0) is 112 Å². The SMILES string of the molecule is COC(=O)c1ccccc1-n1c(C)cc([C@@H]2[C@@H](c3ccccn3)NC(=S)N2c2ccc(OC3CCCC3)cc2)c1C. The topological polar surface area (TPSA) is 68.6 Å². The second-order valence-corrected chi connectivity index (χ2v) is 11.1. The first-order valence-corrected chi connectivity index (χ1v) is 14.5. The lowest BCUT2D eigenvalue weighted by atomic mass is 9.96. The van der Waals surface area contributed by atoms with E-state index in [9.17, 15) is 4.79 Å². The van der Waals surface area contributed by atoms with Crippen LogP contribution < -0.4 is 15.0 Å². The van der Waals surface area contributed by atoms with E-state index in [0.717, 1.165) is 52.6 Å². The number of hydrogen-bond acceptors (Lipinski definition) is 5. The molecule has 2 aliphatic rings. The molecule has 1 aliphatic carbocycles. The Morgan fingerprint density at radius 3 is 2.44 bits per heavy atom. The van der Waals surface area contributed by atoms with Crippen molar-refractivity contribution in [3.05, 3.63) is 107 Å². The number of thiocarbonyl (C=S) groups is 1. The van der Waals surface area contributed by atoms with Gasteiger partial charge in [0.05, 0.1) is 42.2 Å². The highest BCUT2D eigenvalue weighted by Crippen LogP contribution is 2.44. The number of aryl methyl sites for hydroxylation is 1.